The number of rotatable bonds is 4. The summed E-state index contributed by atoms with van der Waals surface area (Å²) < 4.78 is 2.26. The molecule has 0 aliphatic carbocycles. The van der Waals surface area contributed by atoms with Crippen molar-refractivity contribution >= 4 is 62.5 Å². The first kappa shape index (κ1) is 19.2. The van der Waals surface area contributed by atoms with Gasteiger partial charge in [-0.3, -0.25) is 10.2 Å². The van der Waals surface area contributed by atoms with Crippen LogP contribution in [0, 0.1) is 0 Å². The van der Waals surface area contributed by atoms with Crippen molar-refractivity contribution in [1.29, 1.82) is 0 Å². The van der Waals surface area contributed by atoms with Crippen molar-refractivity contribution in [2.75, 3.05) is 30.0 Å². The average molecular weight is 415 g/mol. The molecule has 1 saturated heterocycles. The number of hydrogen-bond donors (Lipinski definition) is 1. The molecule has 0 spiro atoms. The fraction of sp³-hybridized carbons (Fsp3) is 0.333. The number of halogens is 1. The van der Waals surface area contributed by atoms with E-state index in [-0.39, 0.29) is 5.78 Å². The molecule has 5 nitrogen and oxygen atoms in total. The van der Waals surface area contributed by atoms with E-state index in [2.05, 4.69) is 40.2 Å². The van der Waals surface area contributed by atoms with E-state index in [4.69, 9.17) is 11.6 Å². The van der Waals surface area contributed by atoms with Crippen LogP contribution in [0.15, 0.2) is 41.5 Å². The molecule has 4 rings (SSSR count). The molecule has 0 amide bonds. The highest BCUT2D eigenvalue weighted by molar-refractivity contribution is 7.99. The van der Waals surface area contributed by atoms with E-state index in [1.807, 2.05) is 34.9 Å². The molecule has 7 heteroatoms. The van der Waals surface area contributed by atoms with Crippen molar-refractivity contribution in [2.24, 2.45) is 5.10 Å². The minimum atomic E-state index is -0.0424. The topological polar surface area (TPSA) is 49.6 Å². The molecule has 28 heavy (non-hydrogen) atoms. The third-order valence-electron chi connectivity index (χ3n) is 5.10. The first-order chi connectivity index (χ1) is 13.6. The fourth-order valence-electron chi connectivity index (χ4n) is 3.78. The van der Waals surface area contributed by atoms with Gasteiger partial charge in [0.2, 0.25) is 0 Å². The molecule has 1 aliphatic heterocycles. The number of anilines is 1. The van der Waals surface area contributed by atoms with Gasteiger partial charge in [-0.05, 0) is 25.1 Å². The molecule has 146 valence electrons. The number of aryl methyl sites for hydroxylation is 1. The number of carbonyl (C=O) groups is 1. The highest BCUT2D eigenvalue weighted by Crippen LogP contribution is 2.38. The van der Waals surface area contributed by atoms with Crippen LogP contribution >= 0.6 is 23.4 Å². The molecule has 1 N–H and O–H groups in total. The molecule has 0 atom stereocenters. The summed E-state index contributed by atoms with van der Waals surface area (Å²) >= 11 is 8.69. The lowest BCUT2D eigenvalue weighted by atomic mass is 10.1. The van der Waals surface area contributed by atoms with Crippen LogP contribution in [0.3, 0.4) is 0 Å². The second kappa shape index (κ2) is 8.05. The van der Waals surface area contributed by atoms with Gasteiger partial charge >= 0.3 is 0 Å². The highest BCUT2D eigenvalue weighted by atomic mass is 35.5. The Kier molecular flexibility index (Phi) is 5.51. The summed E-state index contributed by atoms with van der Waals surface area (Å²) in [7, 11) is 0. The Morgan fingerprint density at radius 1 is 1.18 bits per heavy atom. The molecule has 2 heterocycles. The summed E-state index contributed by atoms with van der Waals surface area (Å²) in [6, 6.07) is 12.3. The summed E-state index contributed by atoms with van der Waals surface area (Å²) in [5.74, 6) is 2.44. The minimum absolute atomic E-state index is 0.0424. The number of fused-ring (bicyclic) bond motifs is 3. The van der Waals surface area contributed by atoms with Crippen LogP contribution in [0.1, 0.15) is 13.8 Å². The van der Waals surface area contributed by atoms with Crippen LogP contribution in [-0.4, -0.2) is 45.7 Å². The first-order valence-electron chi connectivity index (χ1n) is 9.48. The Labute approximate surface area is 173 Å². The first-order valence-corrected chi connectivity index (χ1v) is 11.0. The summed E-state index contributed by atoms with van der Waals surface area (Å²) in [6.07, 6.45) is 0. The molecule has 2 aromatic carbocycles. The third kappa shape index (κ3) is 3.35. The second-order valence-electron chi connectivity index (χ2n) is 6.79. The number of nitrogens with one attached hydrogen (secondary N) is 1. The van der Waals surface area contributed by atoms with Gasteiger partial charge in [0.25, 0.3) is 0 Å². The maximum Gasteiger partial charge on any atom is 0.196 e. The Balaban J connectivity index is 1.76. The van der Waals surface area contributed by atoms with E-state index in [1.54, 1.807) is 6.92 Å². The summed E-state index contributed by atoms with van der Waals surface area (Å²) in [5, 5.41) is 7.20. The van der Waals surface area contributed by atoms with Gasteiger partial charge in [0.1, 0.15) is 0 Å². The van der Waals surface area contributed by atoms with E-state index in [1.165, 1.54) is 0 Å². The zero-order valence-corrected chi connectivity index (χ0v) is 17.6. The molecular weight excluding hydrogens is 392 g/mol. The van der Waals surface area contributed by atoms with Gasteiger partial charge in [-0.15, -0.1) is 0 Å². The quantitative estimate of drug-likeness (QED) is 0.377. The highest BCUT2D eigenvalue weighted by Gasteiger charge is 2.20. The van der Waals surface area contributed by atoms with Crippen molar-refractivity contribution in [1.82, 2.24) is 9.47 Å². The molecule has 1 aromatic heterocycles. The molecule has 3 aromatic rings. The number of ketones is 1. The van der Waals surface area contributed by atoms with Gasteiger partial charge in [-0.1, -0.05) is 29.8 Å². The van der Waals surface area contributed by atoms with Crippen molar-refractivity contribution in [3.63, 3.8) is 0 Å². The zero-order valence-electron chi connectivity index (χ0n) is 16.0. The van der Waals surface area contributed by atoms with Crippen LogP contribution in [-0.2, 0) is 11.3 Å². The fourth-order valence-corrected chi connectivity index (χ4v) is 4.99. The van der Waals surface area contributed by atoms with Gasteiger partial charge in [-0.25, -0.2) is 0 Å². The summed E-state index contributed by atoms with van der Waals surface area (Å²) in [5.41, 5.74) is 6.02. The Hall–Kier alpha value is -2.18. The lowest BCUT2D eigenvalue weighted by molar-refractivity contribution is -0.111. The molecule has 0 unspecified atom stereocenters. The molecule has 0 saturated carbocycles. The number of carbonyl (C=O) groups excluding carboxylic acids is 1. The summed E-state index contributed by atoms with van der Waals surface area (Å²) in [6.45, 7) is 6.23. The van der Waals surface area contributed by atoms with E-state index >= 15 is 0 Å². The normalized spacial score (nSPS) is 15.4. The summed E-state index contributed by atoms with van der Waals surface area (Å²) in [4.78, 5) is 14.2. The number of thioether (sulfide) groups is 1. The van der Waals surface area contributed by atoms with E-state index in [9.17, 15) is 4.79 Å². The van der Waals surface area contributed by atoms with E-state index in [0.29, 0.717) is 16.5 Å². The van der Waals surface area contributed by atoms with Gasteiger partial charge < -0.3 is 9.47 Å². The number of para-hydroxylation sites is 1. The molecule has 0 bridgehead atoms. The van der Waals surface area contributed by atoms with Crippen LogP contribution < -0.4 is 5.43 Å². The standard InChI is InChI=1S/C21H23ClN4OS/c1-3-26-17-7-5-4-6-15(17)19-18(26)9-8-16(20(19)22)23-24-21(14(2)27)25-10-12-28-13-11-25/h4-9,23H,3,10-13H2,1-2H3/b24-21+. The van der Waals surface area contributed by atoms with Gasteiger partial charge in [0.15, 0.2) is 11.6 Å². The molecule has 0 radical (unpaired) electrons. The lowest BCUT2D eigenvalue weighted by Gasteiger charge is -2.28. The molecule has 1 fully saturated rings. The smallest absolute Gasteiger partial charge is 0.196 e. The number of aromatic nitrogens is 1. The maximum atomic E-state index is 12.1. The number of Topliss-reactive ketones (excluding diaryl/α,β-unsaturated/α-hetero) is 1. The van der Waals surface area contributed by atoms with E-state index in [0.717, 1.165) is 52.9 Å². The SMILES string of the molecule is CCn1c2ccccc2c2c(Cl)c(N/N=C(\C(C)=O)N3CCSCC3)ccc21. The minimum Gasteiger partial charge on any atom is -0.351 e. The van der Waals surface area contributed by atoms with Crippen LogP contribution in [0.2, 0.25) is 5.02 Å². The number of nitrogens with zero attached hydrogens (tertiary/aromatic N) is 3. The van der Waals surface area contributed by atoms with Crippen molar-refractivity contribution in [2.45, 2.75) is 20.4 Å². The Bertz CT molecular complexity index is 1070. The maximum absolute atomic E-state index is 12.1. The van der Waals surface area contributed by atoms with Crippen molar-refractivity contribution < 1.29 is 4.79 Å². The number of hydrazone groups is 1. The second-order valence-corrected chi connectivity index (χ2v) is 8.39. The van der Waals surface area contributed by atoms with Gasteiger partial charge in [0.05, 0.1) is 16.2 Å². The van der Waals surface area contributed by atoms with Gasteiger partial charge in [-0.2, -0.15) is 16.9 Å². The zero-order chi connectivity index (χ0) is 19.7. The predicted molar refractivity (Wildman–Crippen MR) is 121 cm³/mol. The van der Waals surface area contributed by atoms with Crippen molar-refractivity contribution in [3.8, 4) is 0 Å². The van der Waals surface area contributed by atoms with Crippen LogP contribution in [0.25, 0.3) is 21.8 Å². The lowest BCUT2D eigenvalue weighted by Crippen LogP contribution is -2.41. The Morgan fingerprint density at radius 3 is 2.64 bits per heavy atom. The number of amidine groups is 1. The molecular formula is C21H23ClN4OS. The number of benzene rings is 2. The van der Waals surface area contributed by atoms with Crippen LogP contribution in [0.4, 0.5) is 5.69 Å². The van der Waals surface area contributed by atoms with E-state index < -0.39 is 0 Å². The average Bonchev–Trinajstić information content (AvgIpc) is 3.04. The Morgan fingerprint density at radius 2 is 1.93 bits per heavy atom. The largest absolute Gasteiger partial charge is 0.351 e. The number of hydrogen-bond acceptors (Lipinski definition) is 4. The predicted octanol–water partition coefficient (Wildman–Crippen LogP) is 4.83. The molecule has 1 aliphatic rings. The van der Waals surface area contributed by atoms with Crippen molar-refractivity contribution in [3.05, 3.63) is 41.4 Å². The van der Waals surface area contributed by atoms with Crippen LogP contribution in [0.5, 0.6) is 0 Å². The van der Waals surface area contributed by atoms with Gasteiger partial charge in [0, 0.05) is 54.4 Å². The third-order valence-corrected chi connectivity index (χ3v) is 6.43. The monoisotopic (exact) mass is 414 g/mol.